The summed E-state index contributed by atoms with van der Waals surface area (Å²) in [5.41, 5.74) is 4.09. The first-order valence-corrected chi connectivity index (χ1v) is 18.9. The Morgan fingerprint density at radius 1 is 0.849 bits per heavy atom. The smallest absolute Gasteiger partial charge is 0.272 e. The number of amides is 3. The quantitative estimate of drug-likeness (QED) is 0.0796. The lowest BCUT2D eigenvalue weighted by Gasteiger charge is -2.13. The van der Waals surface area contributed by atoms with Crippen LogP contribution in [0.3, 0.4) is 0 Å². The van der Waals surface area contributed by atoms with Crippen LogP contribution in [0.2, 0.25) is 10.0 Å². The summed E-state index contributed by atoms with van der Waals surface area (Å²) in [7, 11) is 0. The predicted molar refractivity (Wildman–Crippen MR) is 216 cm³/mol. The van der Waals surface area contributed by atoms with Crippen LogP contribution in [0.4, 0.5) is 10.8 Å². The van der Waals surface area contributed by atoms with Gasteiger partial charge in [-0.2, -0.15) is 0 Å². The average molecular weight is 780 g/mol. The largest absolute Gasteiger partial charge is 0.489 e. The van der Waals surface area contributed by atoms with Crippen LogP contribution in [0.1, 0.15) is 28.4 Å². The molecular formula is C41H32Cl2N4O4S2. The van der Waals surface area contributed by atoms with Crippen molar-refractivity contribution in [2.24, 2.45) is 0 Å². The van der Waals surface area contributed by atoms with Gasteiger partial charge in [0.1, 0.15) is 18.1 Å². The third-order valence-corrected chi connectivity index (χ3v) is 10.1. The van der Waals surface area contributed by atoms with Crippen LogP contribution in [0.25, 0.3) is 17.3 Å². The maximum absolute atomic E-state index is 13.6. The number of hydrogen-bond donors (Lipinski definition) is 3. The lowest BCUT2D eigenvalue weighted by molar-refractivity contribution is -0.115. The Bertz CT molecular complexity index is 2230. The Balaban J connectivity index is 1.08. The molecule has 0 aliphatic carbocycles. The van der Waals surface area contributed by atoms with E-state index in [0.717, 1.165) is 16.0 Å². The number of nitrogens with zero attached hydrogens (tertiary/aromatic N) is 1. The van der Waals surface area contributed by atoms with Crippen LogP contribution in [-0.4, -0.2) is 28.0 Å². The number of carbonyl (C=O) groups is 3. The highest BCUT2D eigenvalue weighted by Gasteiger charge is 2.19. The zero-order valence-corrected chi connectivity index (χ0v) is 31.4. The van der Waals surface area contributed by atoms with E-state index in [1.807, 2.05) is 78.2 Å². The van der Waals surface area contributed by atoms with Crippen LogP contribution in [0.15, 0.2) is 143 Å². The molecule has 3 amide bonds. The fourth-order valence-electron chi connectivity index (χ4n) is 4.94. The molecule has 3 N–H and O–H groups in total. The molecule has 0 aliphatic heterocycles. The summed E-state index contributed by atoms with van der Waals surface area (Å²) in [6.45, 7) is 2.23. The van der Waals surface area contributed by atoms with E-state index in [-0.39, 0.29) is 11.6 Å². The summed E-state index contributed by atoms with van der Waals surface area (Å²) in [6.07, 6.45) is 1.61. The summed E-state index contributed by atoms with van der Waals surface area (Å²) >= 11 is 15.0. The lowest BCUT2D eigenvalue weighted by Crippen LogP contribution is -2.30. The minimum Gasteiger partial charge on any atom is -0.489 e. The summed E-state index contributed by atoms with van der Waals surface area (Å²) in [4.78, 5) is 45.0. The van der Waals surface area contributed by atoms with Gasteiger partial charge in [0.15, 0.2) is 5.13 Å². The van der Waals surface area contributed by atoms with Gasteiger partial charge < -0.3 is 20.7 Å². The van der Waals surface area contributed by atoms with E-state index in [2.05, 4.69) is 20.9 Å². The van der Waals surface area contributed by atoms with Gasteiger partial charge in [0.2, 0.25) is 5.91 Å². The van der Waals surface area contributed by atoms with Crippen LogP contribution in [0.5, 0.6) is 5.75 Å². The third-order valence-electron chi connectivity index (χ3n) is 7.70. The number of hydrogen-bond acceptors (Lipinski definition) is 7. The van der Waals surface area contributed by atoms with Crippen molar-refractivity contribution in [3.63, 3.8) is 0 Å². The Morgan fingerprint density at radius 2 is 1.55 bits per heavy atom. The molecule has 6 aromatic rings. The Labute approximate surface area is 325 Å². The van der Waals surface area contributed by atoms with Crippen LogP contribution >= 0.6 is 46.3 Å². The molecule has 0 spiro atoms. The minimum absolute atomic E-state index is 0.0595. The first-order valence-electron chi connectivity index (χ1n) is 16.3. The number of rotatable bonds is 13. The SMILES string of the molecule is CC(Sc1ccc(NC(=O)/C(=C/c2ccc(OCc3ccccc3)cc2)NC(=O)c2ccccc2)cc1)C(=O)Nc1nc(-c2ccc(Cl)cc2Cl)cs1. The molecule has 53 heavy (non-hydrogen) atoms. The number of aromatic nitrogens is 1. The first kappa shape index (κ1) is 37.4. The number of nitrogens with one attached hydrogen (secondary N) is 3. The van der Waals surface area contributed by atoms with Crippen LogP contribution in [0, 0.1) is 0 Å². The number of benzene rings is 5. The third kappa shape index (κ3) is 10.6. The average Bonchev–Trinajstić information content (AvgIpc) is 3.63. The molecule has 0 saturated carbocycles. The second kappa shape index (κ2) is 17.9. The van der Waals surface area contributed by atoms with Crippen molar-refractivity contribution in [3.05, 3.63) is 165 Å². The summed E-state index contributed by atoms with van der Waals surface area (Å²) < 4.78 is 5.89. The minimum atomic E-state index is -0.505. The normalized spacial score (nSPS) is 11.7. The molecule has 5 aromatic carbocycles. The molecule has 0 saturated heterocycles. The molecule has 1 aromatic heterocycles. The zero-order chi connectivity index (χ0) is 37.2. The monoisotopic (exact) mass is 778 g/mol. The molecule has 0 bridgehead atoms. The van der Waals surface area contributed by atoms with Crippen molar-refractivity contribution in [1.82, 2.24) is 10.3 Å². The molecule has 1 heterocycles. The topological polar surface area (TPSA) is 109 Å². The number of halogens is 2. The molecule has 0 fully saturated rings. The van der Waals surface area contributed by atoms with E-state index < -0.39 is 17.1 Å². The fraction of sp³-hybridized carbons (Fsp3) is 0.0732. The summed E-state index contributed by atoms with van der Waals surface area (Å²) in [5, 5.41) is 11.3. The first-order chi connectivity index (χ1) is 25.7. The van der Waals surface area contributed by atoms with Crippen LogP contribution in [-0.2, 0) is 16.2 Å². The van der Waals surface area contributed by atoms with Gasteiger partial charge in [0, 0.05) is 32.1 Å². The number of thioether (sulfide) groups is 1. The highest BCUT2D eigenvalue weighted by molar-refractivity contribution is 8.00. The van der Waals surface area contributed by atoms with E-state index in [4.69, 9.17) is 27.9 Å². The predicted octanol–water partition coefficient (Wildman–Crippen LogP) is 10.2. The summed E-state index contributed by atoms with van der Waals surface area (Å²) in [6, 6.07) is 38.0. The van der Waals surface area contributed by atoms with E-state index in [0.29, 0.717) is 50.0 Å². The van der Waals surface area contributed by atoms with Crippen molar-refractivity contribution >= 4 is 80.9 Å². The maximum atomic E-state index is 13.6. The molecule has 1 unspecified atom stereocenters. The number of carbonyl (C=O) groups excluding carboxylic acids is 3. The number of thiazole rings is 1. The van der Waals surface area contributed by atoms with Gasteiger partial charge in [-0.1, -0.05) is 83.9 Å². The Morgan fingerprint density at radius 3 is 2.25 bits per heavy atom. The number of ether oxygens (including phenoxy) is 1. The van der Waals surface area contributed by atoms with Crippen molar-refractivity contribution in [2.75, 3.05) is 10.6 Å². The van der Waals surface area contributed by atoms with E-state index >= 15 is 0 Å². The maximum Gasteiger partial charge on any atom is 0.272 e. The van der Waals surface area contributed by atoms with Gasteiger partial charge >= 0.3 is 0 Å². The fourth-order valence-corrected chi connectivity index (χ4v) is 7.03. The van der Waals surface area contributed by atoms with Gasteiger partial charge in [-0.15, -0.1) is 23.1 Å². The lowest BCUT2D eigenvalue weighted by atomic mass is 10.1. The van der Waals surface area contributed by atoms with E-state index in [1.165, 1.54) is 23.1 Å². The number of anilines is 2. The van der Waals surface area contributed by atoms with Crippen molar-refractivity contribution in [2.45, 2.75) is 23.7 Å². The standard InChI is InChI=1S/C41H32Cl2N4O4S2/c1-26(38(48)47-41-46-37(25-52-41)34-21-14-30(42)23-35(34)43)53-33-19-15-31(16-20-33)44-40(50)36(45-39(49)29-10-6-3-7-11-29)22-27-12-17-32(18-13-27)51-24-28-8-4-2-5-9-28/h2-23,25-26H,24H2,1H3,(H,44,50)(H,45,49)(H,46,47,48)/b36-22-. The van der Waals surface area contributed by atoms with Crippen LogP contribution < -0.4 is 20.7 Å². The van der Waals surface area contributed by atoms with Gasteiger partial charge in [-0.3, -0.25) is 14.4 Å². The van der Waals surface area contributed by atoms with Gasteiger partial charge in [-0.25, -0.2) is 4.98 Å². The molecule has 0 radical (unpaired) electrons. The second-order valence-corrected chi connectivity index (χ2v) is 14.7. The van der Waals surface area contributed by atoms with E-state index in [9.17, 15) is 14.4 Å². The molecule has 0 aliphatic rings. The Hall–Kier alpha value is -5.39. The molecule has 266 valence electrons. The molecular weight excluding hydrogens is 748 g/mol. The molecule has 1 atom stereocenters. The highest BCUT2D eigenvalue weighted by Crippen LogP contribution is 2.33. The van der Waals surface area contributed by atoms with Crippen molar-refractivity contribution in [1.29, 1.82) is 0 Å². The van der Waals surface area contributed by atoms with Crippen molar-refractivity contribution in [3.8, 4) is 17.0 Å². The second-order valence-electron chi connectivity index (χ2n) is 11.6. The molecule has 8 nitrogen and oxygen atoms in total. The van der Waals surface area contributed by atoms with Crippen molar-refractivity contribution < 1.29 is 19.1 Å². The summed E-state index contributed by atoms with van der Waals surface area (Å²) in [5.74, 6) is -0.465. The molecule has 12 heteroatoms. The highest BCUT2D eigenvalue weighted by atomic mass is 35.5. The molecule has 6 rings (SSSR count). The zero-order valence-electron chi connectivity index (χ0n) is 28.2. The van der Waals surface area contributed by atoms with Gasteiger partial charge in [-0.05, 0) is 90.9 Å². The van der Waals surface area contributed by atoms with Gasteiger partial charge in [0.25, 0.3) is 11.8 Å². The Kier molecular flexibility index (Phi) is 12.6. The van der Waals surface area contributed by atoms with E-state index in [1.54, 1.807) is 67.6 Å². The van der Waals surface area contributed by atoms with Gasteiger partial charge in [0.05, 0.1) is 16.0 Å².